The maximum atomic E-state index is 5.96. The fraction of sp³-hybridized carbons (Fsp3) is 0. The molecule has 0 aliphatic rings. The molecule has 1 aromatic heterocycles. The Morgan fingerprint density at radius 1 is 0.842 bits per heavy atom. The molecule has 2 aromatic carbocycles. The highest BCUT2D eigenvalue weighted by atomic mass is 35.5. The predicted molar refractivity (Wildman–Crippen MR) is 82.1 cm³/mol. The van der Waals surface area contributed by atoms with Gasteiger partial charge in [0.1, 0.15) is 0 Å². The first-order valence-electron chi connectivity index (χ1n) is 6.11. The Kier molecular flexibility index (Phi) is 3.30. The van der Waals surface area contributed by atoms with Crippen molar-refractivity contribution in [3.05, 3.63) is 76.9 Å². The topological polar surface area (TPSA) is 12.9 Å². The molecular formula is C17H12ClN. The van der Waals surface area contributed by atoms with Crippen molar-refractivity contribution in [2.45, 2.75) is 0 Å². The van der Waals surface area contributed by atoms with Crippen molar-refractivity contribution >= 4 is 34.7 Å². The SMILES string of the molecule is Clc1ccc2nc(C=Cc3ccccc3)ccc2c1. The molecule has 0 fully saturated rings. The van der Waals surface area contributed by atoms with Gasteiger partial charge in [0.25, 0.3) is 0 Å². The van der Waals surface area contributed by atoms with E-state index in [1.54, 1.807) is 0 Å². The smallest absolute Gasteiger partial charge is 0.0710 e. The van der Waals surface area contributed by atoms with E-state index in [2.05, 4.69) is 23.2 Å². The first-order chi connectivity index (χ1) is 9.31. The molecule has 19 heavy (non-hydrogen) atoms. The summed E-state index contributed by atoms with van der Waals surface area (Å²) in [6.07, 6.45) is 4.08. The molecule has 3 aromatic rings. The third kappa shape index (κ3) is 2.83. The number of benzene rings is 2. The molecule has 1 heterocycles. The van der Waals surface area contributed by atoms with Gasteiger partial charge >= 0.3 is 0 Å². The number of hydrogen-bond donors (Lipinski definition) is 0. The Hall–Kier alpha value is -2.12. The second-order valence-corrected chi connectivity index (χ2v) is 4.75. The van der Waals surface area contributed by atoms with E-state index in [0.717, 1.165) is 21.6 Å². The zero-order valence-corrected chi connectivity index (χ0v) is 11.0. The van der Waals surface area contributed by atoms with Gasteiger partial charge in [0, 0.05) is 10.4 Å². The van der Waals surface area contributed by atoms with Crippen molar-refractivity contribution in [2.24, 2.45) is 0 Å². The van der Waals surface area contributed by atoms with Crippen molar-refractivity contribution in [3.63, 3.8) is 0 Å². The highest BCUT2D eigenvalue weighted by Crippen LogP contribution is 2.18. The van der Waals surface area contributed by atoms with Crippen molar-refractivity contribution in [1.29, 1.82) is 0 Å². The largest absolute Gasteiger partial charge is 0.248 e. The summed E-state index contributed by atoms with van der Waals surface area (Å²) in [5, 5.41) is 1.80. The van der Waals surface area contributed by atoms with E-state index < -0.39 is 0 Å². The van der Waals surface area contributed by atoms with Crippen LogP contribution in [0.2, 0.25) is 5.02 Å². The molecule has 0 saturated carbocycles. The van der Waals surface area contributed by atoms with E-state index in [1.807, 2.05) is 54.6 Å². The van der Waals surface area contributed by atoms with Crippen LogP contribution in [0.3, 0.4) is 0 Å². The minimum Gasteiger partial charge on any atom is -0.248 e. The van der Waals surface area contributed by atoms with E-state index in [0.29, 0.717) is 0 Å². The summed E-state index contributed by atoms with van der Waals surface area (Å²) >= 11 is 5.96. The number of aromatic nitrogens is 1. The third-order valence-corrected chi connectivity index (χ3v) is 3.15. The Bertz CT molecular complexity index is 733. The van der Waals surface area contributed by atoms with E-state index >= 15 is 0 Å². The number of halogens is 1. The Morgan fingerprint density at radius 3 is 2.53 bits per heavy atom. The monoisotopic (exact) mass is 265 g/mol. The van der Waals surface area contributed by atoms with E-state index in [1.165, 1.54) is 5.56 Å². The molecule has 0 bridgehead atoms. The Morgan fingerprint density at radius 2 is 1.68 bits per heavy atom. The quantitative estimate of drug-likeness (QED) is 0.631. The standard InChI is InChI=1S/C17H12ClN/c18-15-8-11-17-14(12-15)7-10-16(19-17)9-6-13-4-2-1-3-5-13/h1-12H. The molecule has 3 rings (SSSR count). The molecule has 1 nitrogen and oxygen atoms in total. The summed E-state index contributed by atoms with van der Waals surface area (Å²) in [5.74, 6) is 0. The van der Waals surface area contributed by atoms with Gasteiger partial charge in [0.15, 0.2) is 0 Å². The fourth-order valence-electron chi connectivity index (χ4n) is 1.95. The highest BCUT2D eigenvalue weighted by molar-refractivity contribution is 6.31. The van der Waals surface area contributed by atoms with Crippen molar-refractivity contribution in [3.8, 4) is 0 Å². The van der Waals surface area contributed by atoms with Gasteiger partial charge in [-0.3, -0.25) is 0 Å². The van der Waals surface area contributed by atoms with Crippen LogP contribution in [0.15, 0.2) is 60.7 Å². The zero-order valence-electron chi connectivity index (χ0n) is 10.3. The van der Waals surface area contributed by atoms with Gasteiger partial charge in [0.05, 0.1) is 11.2 Å². The fourth-order valence-corrected chi connectivity index (χ4v) is 2.13. The third-order valence-electron chi connectivity index (χ3n) is 2.92. The van der Waals surface area contributed by atoms with E-state index in [4.69, 9.17) is 11.6 Å². The lowest BCUT2D eigenvalue weighted by atomic mass is 10.1. The molecule has 0 unspecified atom stereocenters. The second-order valence-electron chi connectivity index (χ2n) is 4.32. The molecule has 92 valence electrons. The highest BCUT2D eigenvalue weighted by Gasteiger charge is 1.97. The van der Waals surface area contributed by atoms with Crippen LogP contribution in [-0.2, 0) is 0 Å². The van der Waals surface area contributed by atoms with Crippen LogP contribution in [0, 0.1) is 0 Å². The maximum absolute atomic E-state index is 5.96. The minimum atomic E-state index is 0.738. The van der Waals surface area contributed by atoms with Crippen LogP contribution < -0.4 is 0 Å². The summed E-state index contributed by atoms with van der Waals surface area (Å²) in [7, 11) is 0. The van der Waals surface area contributed by atoms with Gasteiger partial charge in [0.2, 0.25) is 0 Å². The van der Waals surface area contributed by atoms with E-state index in [9.17, 15) is 0 Å². The van der Waals surface area contributed by atoms with Crippen LogP contribution >= 0.6 is 11.6 Å². The summed E-state index contributed by atoms with van der Waals surface area (Å²) in [4.78, 5) is 4.59. The van der Waals surface area contributed by atoms with Crippen LogP contribution in [0.25, 0.3) is 23.1 Å². The molecular weight excluding hydrogens is 254 g/mol. The first kappa shape index (κ1) is 11.9. The number of rotatable bonds is 2. The summed E-state index contributed by atoms with van der Waals surface area (Å²) in [6, 6.07) is 20.0. The first-order valence-corrected chi connectivity index (χ1v) is 6.48. The summed E-state index contributed by atoms with van der Waals surface area (Å²) in [5.41, 5.74) is 3.07. The van der Waals surface area contributed by atoms with Gasteiger partial charge in [-0.1, -0.05) is 54.1 Å². The number of nitrogens with zero attached hydrogens (tertiary/aromatic N) is 1. The molecule has 0 spiro atoms. The Labute approximate surface area is 117 Å². The number of pyridine rings is 1. The average Bonchev–Trinajstić information content (AvgIpc) is 2.46. The molecule has 2 heteroatoms. The van der Waals surface area contributed by atoms with Crippen molar-refractivity contribution in [1.82, 2.24) is 4.98 Å². The molecule has 0 atom stereocenters. The molecule has 0 radical (unpaired) electrons. The van der Waals surface area contributed by atoms with Crippen LogP contribution in [0.1, 0.15) is 11.3 Å². The zero-order chi connectivity index (χ0) is 13.1. The van der Waals surface area contributed by atoms with Gasteiger partial charge in [-0.2, -0.15) is 0 Å². The molecule has 0 aliphatic heterocycles. The maximum Gasteiger partial charge on any atom is 0.0710 e. The second kappa shape index (κ2) is 5.25. The minimum absolute atomic E-state index is 0.738. The van der Waals surface area contributed by atoms with Crippen LogP contribution in [-0.4, -0.2) is 4.98 Å². The predicted octanol–water partition coefficient (Wildman–Crippen LogP) is 5.06. The van der Waals surface area contributed by atoms with Crippen molar-refractivity contribution < 1.29 is 0 Å². The van der Waals surface area contributed by atoms with Crippen LogP contribution in [0.5, 0.6) is 0 Å². The number of fused-ring (bicyclic) bond motifs is 1. The molecule has 0 N–H and O–H groups in total. The van der Waals surface area contributed by atoms with Gasteiger partial charge in [-0.25, -0.2) is 4.98 Å². The molecule has 0 saturated heterocycles. The van der Waals surface area contributed by atoms with Gasteiger partial charge in [-0.05, 0) is 35.9 Å². The van der Waals surface area contributed by atoms with Crippen LogP contribution in [0.4, 0.5) is 0 Å². The average molecular weight is 266 g/mol. The number of hydrogen-bond acceptors (Lipinski definition) is 1. The van der Waals surface area contributed by atoms with Gasteiger partial charge in [-0.15, -0.1) is 0 Å². The lowest BCUT2D eigenvalue weighted by molar-refractivity contribution is 1.37. The molecule has 0 amide bonds. The lowest BCUT2D eigenvalue weighted by Gasteiger charge is -1.99. The normalized spacial score (nSPS) is 11.2. The Balaban J connectivity index is 1.94. The van der Waals surface area contributed by atoms with E-state index in [-0.39, 0.29) is 0 Å². The summed E-state index contributed by atoms with van der Waals surface area (Å²) < 4.78 is 0. The molecule has 0 aliphatic carbocycles. The summed E-state index contributed by atoms with van der Waals surface area (Å²) in [6.45, 7) is 0. The van der Waals surface area contributed by atoms with Gasteiger partial charge < -0.3 is 0 Å². The van der Waals surface area contributed by atoms with Crippen molar-refractivity contribution in [2.75, 3.05) is 0 Å². The lowest BCUT2D eigenvalue weighted by Crippen LogP contribution is -1.83.